The Balaban J connectivity index is 1.46. The summed E-state index contributed by atoms with van der Waals surface area (Å²) in [5.41, 5.74) is 0.964. The molecule has 0 spiro atoms. The molecule has 0 radical (unpaired) electrons. The number of carboxylic acid groups (broad SMARTS) is 1. The average Bonchev–Trinajstić information content (AvgIpc) is 3.56. The molecule has 3 fully saturated rings. The van der Waals surface area contributed by atoms with Crippen LogP contribution in [0.25, 0.3) is 0 Å². The van der Waals surface area contributed by atoms with Crippen LogP contribution >= 0.6 is 23.1 Å². The standard InChI is InChI=1S/C24H24N2O7S2/c1-8(23(29)30)26-21(27)16-10-7-11(17(16)22(26)28)18-15(10)14(19-20(34-18)25-24(31)35-19)9-4-5-12(32-2)13(6-9)33-3/h4-6,8,10-11,14-18H,7H2,1-3H3,(H,25,31)(H,29,30)/t8-,10-,11+,14+,15+,16+,17-,18-/m1/s1. The van der Waals surface area contributed by atoms with Crippen molar-refractivity contribution in [3.8, 4) is 11.5 Å². The first-order valence-corrected chi connectivity index (χ1v) is 13.2. The molecular weight excluding hydrogens is 492 g/mol. The highest BCUT2D eigenvalue weighted by Gasteiger charge is 2.70. The molecule has 4 aliphatic rings. The minimum atomic E-state index is -1.19. The molecule has 2 N–H and O–H groups in total. The highest BCUT2D eigenvalue weighted by Crippen LogP contribution is 2.68. The Morgan fingerprint density at radius 2 is 1.80 bits per heavy atom. The maximum Gasteiger partial charge on any atom is 0.326 e. The number of aliphatic carboxylic acids is 1. The van der Waals surface area contributed by atoms with Crippen LogP contribution in [-0.2, 0) is 14.4 Å². The Morgan fingerprint density at radius 1 is 1.11 bits per heavy atom. The molecule has 2 amide bonds. The summed E-state index contributed by atoms with van der Waals surface area (Å²) in [5.74, 6) is -2.01. The van der Waals surface area contributed by atoms with Crippen molar-refractivity contribution in [2.45, 2.75) is 35.6 Å². The van der Waals surface area contributed by atoms with Gasteiger partial charge in [-0.1, -0.05) is 17.4 Å². The zero-order chi connectivity index (χ0) is 24.8. The van der Waals surface area contributed by atoms with Gasteiger partial charge in [0.05, 0.1) is 31.1 Å². The number of aromatic amines is 1. The minimum Gasteiger partial charge on any atom is -0.493 e. The van der Waals surface area contributed by atoms with E-state index in [9.17, 15) is 24.3 Å². The smallest absolute Gasteiger partial charge is 0.326 e. The number of carboxylic acids is 1. The molecule has 2 aliphatic heterocycles. The number of methoxy groups -OCH3 is 2. The second-order valence-corrected chi connectivity index (χ2v) is 11.8. The van der Waals surface area contributed by atoms with E-state index in [1.807, 2.05) is 18.2 Å². The fourth-order valence-corrected chi connectivity index (χ4v) is 9.84. The van der Waals surface area contributed by atoms with E-state index >= 15 is 0 Å². The van der Waals surface area contributed by atoms with E-state index < -0.39 is 23.8 Å². The number of likely N-dealkylation sites (tertiary alicyclic amines) is 1. The molecule has 6 rings (SSSR count). The van der Waals surface area contributed by atoms with Crippen LogP contribution in [-0.4, -0.2) is 58.3 Å². The van der Waals surface area contributed by atoms with Gasteiger partial charge in [-0.15, -0.1) is 11.8 Å². The Labute approximate surface area is 208 Å². The second kappa shape index (κ2) is 7.86. The molecule has 35 heavy (non-hydrogen) atoms. The molecule has 8 atom stereocenters. The van der Waals surface area contributed by atoms with Gasteiger partial charge in [-0.25, -0.2) is 4.79 Å². The Kier molecular flexibility index (Phi) is 5.09. The zero-order valence-corrected chi connectivity index (χ0v) is 20.9. The molecule has 11 heteroatoms. The predicted octanol–water partition coefficient (Wildman–Crippen LogP) is 2.40. The molecule has 2 aromatic rings. The first kappa shape index (κ1) is 22.7. The summed E-state index contributed by atoms with van der Waals surface area (Å²) < 4.78 is 10.9. The van der Waals surface area contributed by atoms with Gasteiger partial charge in [-0.2, -0.15) is 0 Å². The quantitative estimate of drug-likeness (QED) is 0.581. The number of carbonyl (C=O) groups excluding carboxylic acids is 2. The van der Waals surface area contributed by atoms with Gasteiger partial charge in [0, 0.05) is 16.0 Å². The third kappa shape index (κ3) is 3.00. The van der Waals surface area contributed by atoms with Gasteiger partial charge in [0.2, 0.25) is 11.8 Å². The van der Waals surface area contributed by atoms with Crippen molar-refractivity contribution in [2.75, 3.05) is 14.2 Å². The number of nitrogens with one attached hydrogen (secondary N) is 1. The number of thioether (sulfide) groups is 1. The topological polar surface area (TPSA) is 126 Å². The van der Waals surface area contributed by atoms with Crippen LogP contribution < -0.4 is 14.3 Å². The van der Waals surface area contributed by atoms with Crippen molar-refractivity contribution in [3.63, 3.8) is 0 Å². The van der Waals surface area contributed by atoms with Crippen molar-refractivity contribution >= 4 is 40.9 Å². The molecule has 1 aromatic heterocycles. The number of nitrogens with zero attached hydrogens (tertiary/aromatic N) is 1. The van der Waals surface area contributed by atoms with E-state index in [1.54, 1.807) is 26.0 Å². The Bertz CT molecular complexity index is 1320. The van der Waals surface area contributed by atoms with Crippen LogP contribution in [0, 0.1) is 29.6 Å². The van der Waals surface area contributed by atoms with E-state index in [1.165, 1.54) is 18.3 Å². The van der Waals surface area contributed by atoms with Crippen molar-refractivity contribution < 1.29 is 29.0 Å². The summed E-state index contributed by atoms with van der Waals surface area (Å²) in [6, 6.07) is 4.55. The third-order valence-corrected chi connectivity index (χ3v) is 10.9. The predicted molar refractivity (Wildman–Crippen MR) is 127 cm³/mol. The first-order chi connectivity index (χ1) is 16.8. The molecule has 2 saturated carbocycles. The van der Waals surface area contributed by atoms with Gasteiger partial charge in [0.25, 0.3) is 0 Å². The lowest BCUT2D eigenvalue weighted by Crippen LogP contribution is -2.44. The van der Waals surface area contributed by atoms with Crippen LogP contribution in [0.5, 0.6) is 11.5 Å². The summed E-state index contributed by atoms with van der Waals surface area (Å²) in [4.78, 5) is 55.5. The van der Waals surface area contributed by atoms with Gasteiger partial charge < -0.3 is 19.6 Å². The van der Waals surface area contributed by atoms with Crippen LogP contribution in [0.2, 0.25) is 0 Å². The fraction of sp³-hybridized carbons (Fsp3) is 0.500. The molecule has 2 bridgehead atoms. The van der Waals surface area contributed by atoms with Crippen LogP contribution in [0.3, 0.4) is 0 Å². The highest BCUT2D eigenvalue weighted by atomic mass is 32.2. The minimum absolute atomic E-state index is 0.0279. The van der Waals surface area contributed by atoms with Crippen molar-refractivity contribution in [1.82, 2.24) is 9.88 Å². The van der Waals surface area contributed by atoms with Crippen LogP contribution in [0.15, 0.2) is 28.0 Å². The van der Waals surface area contributed by atoms with E-state index in [0.717, 1.165) is 26.8 Å². The molecule has 3 heterocycles. The normalized spacial score (nSPS) is 33.3. The van der Waals surface area contributed by atoms with Crippen molar-refractivity contribution in [3.05, 3.63) is 38.3 Å². The second-order valence-electron chi connectivity index (χ2n) is 9.64. The monoisotopic (exact) mass is 516 g/mol. The maximum absolute atomic E-state index is 13.4. The average molecular weight is 517 g/mol. The van der Waals surface area contributed by atoms with Gasteiger partial charge in [-0.05, 0) is 48.8 Å². The molecule has 1 aromatic carbocycles. The van der Waals surface area contributed by atoms with Crippen molar-refractivity contribution in [2.24, 2.45) is 29.6 Å². The number of rotatable bonds is 5. The SMILES string of the molecule is COc1ccc([C@@H]2c3sc(=O)[nH]c3S[C@@H]3[C@H]4C[C@@H]([C@@H]5C(=O)N([C@H](C)C(=O)O)C(=O)[C@H]45)[C@@H]23)cc1OC. The summed E-state index contributed by atoms with van der Waals surface area (Å²) in [5, 5.41) is 10.3. The Morgan fingerprint density at radius 3 is 2.46 bits per heavy atom. The van der Waals surface area contributed by atoms with Gasteiger partial charge >= 0.3 is 10.8 Å². The number of amides is 2. The molecule has 0 unspecified atom stereocenters. The fourth-order valence-electron chi connectivity index (χ4n) is 6.95. The molecular formula is C24H24N2O7S2. The molecule has 1 saturated heterocycles. The number of ether oxygens (including phenoxy) is 2. The van der Waals surface area contributed by atoms with Gasteiger partial charge in [0.15, 0.2) is 11.5 Å². The lowest BCUT2D eigenvalue weighted by molar-refractivity contribution is -0.154. The largest absolute Gasteiger partial charge is 0.493 e. The number of H-pyrrole nitrogens is 1. The number of fused-ring (bicyclic) bond motifs is 9. The summed E-state index contributed by atoms with van der Waals surface area (Å²) in [6.07, 6.45) is 0.743. The van der Waals surface area contributed by atoms with Gasteiger partial charge in [-0.3, -0.25) is 19.3 Å². The van der Waals surface area contributed by atoms with E-state index in [0.29, 0.717) is 11.5 Å². The summed E-state index contributed by atoms with van der Waals surface area (Å²) in [6.45, 7) is 1.39. The molecule has 9 nitrogen and oxygen atoms in total. The first-order valence-electron chi connectivity index (χ1n) is 11.5. The van der Waals surface area contributed by atoms with Gasteiger partial charge in [0.1, 0.15) is 6.04 Å². The number of thiazole rings is 1. The van der Waals surface area contributed by atoms with E-state index in [4.69, 9.17) is 9.47 Å². The maximum atomic E-state index is 13.4. The Hall–Kier alpha value is -2.79. The number of hydrogen-bond acceptors (Lipinski definition) is 8. The molecule has 184 valence electrons. The number of imide groups is 1. The lowest BCUT2D eigenvalue weighted by atomic mass is 9.68. The third-order valence-electron chi connectivity index (χ3n) is 8.27. The highest BCUT2D eigenvalue weighted by molar-refractivity contribution is 8.00. The summed E-state index contributed by atoms with van der Waals surface area (Å²) in [7, 11) is 3.15. The lowest BCUT2D eigenvalue weighted by Gasteiger charge is -2.43. The van der Waals surface area contributed by atoms with Crippen LogP contribution in [0.4, 0.5) is 0 Å². The van der Waals surface area contributed by atoms with E-state index in [2.05, 4.69) is 4.98 Å². The number of benzene rings is 1. The van der Waals surface area contributed by atoms with E-state index in [-0.39, 0.29) is 45.6 Å². The van der Waals surface area contributed by atoms with Crippen molar-refractivity contribution in [1.29, 1.82) is 0 Å². The number of carbonyl (C=O) groups is 3. The number of aromatic nitrogens is 1. The van der Waals surface area contributed by atoms with Crippen LogP contribution in [0.1, 0.15) is 29.7 Å². The number of hydrogen-bond donors (Lipinski definition) is 2. The zero-order valence-electron chi connectivity index (χ0n) is 19.2. The summed E-state index contributed by atoms with van der Waals surface area (Å²) >= 11 is 2.78. The molecule has 2 aliphatic carbocycles.